The van der Waals surface area contributed by atoms with Gasteiger partial charge in [-0.25, -0.2) is 18.0 Å². The van der Waals surface area contributed by atoms with Gasteiger partial charge in [-0.15, -0.1) is 0 Å². The molecular weight excluding hydrogens is 241 g/mol. The molecule has 0 aliphatic heterocycles. The molecular formula is C10H5F3O4. The largest absolute Gasteiger partial charge is 0.502 e. The number of carbonyl (C=O) groups is 2. The molecule has 0 aliphatic rings. The van der Waals surface area contributed by atoms with Gasteiger partial charge in [0.1, 0.15) is 5.82 Å². The molecule has 0 atom stereocenters. The topological polar surface area (TPSA) is 74.6 Å². The van der Waals surface area contributed by atoms with Gasteiger partial charge in [0.05, 0.1) is 5.56 Å². The normalized spacial score (nSPS) is 11.4. The highest BCUT2D eigenvalue weighted by atomic mass is 19.2. The second-order valence-electron chi connectivity index (χ2n) is 2.95. The van der Waals surface area contributed by atoms with Crippen molar-refractivity contribution in [2.24, 2.45) is 0 Å². The van der Waals surface area contributed by atoms with Gasteiger partial charge in [-0.2, -0.15) is 0 Å². The van der Waals surface area contributed by atoms with E-state index in [1.54, 1.807) is 0 Å². The summed E-state index contributed by atoms with van der Waals surface area (Å²) in [5, 5.41) is 17.0. The lowest BCUT2D eigenvalue weighted by Gasteiger charge is -2.00. The number of ketones is 1. The smallest absolute Gasteiger partial charge is 0.371 e. The highest BCUT2D eigenvalue weighted by Gasteiger charge is 2.16. The van der Waals surface area contributed by atoms with E-state index in [2.05, 4.69) is 0 Å². The molecule has 0 aliphatic carbocycles. The summed E-state index contributed by atoms with van der Waals surface area (Å²) in [6.45, 7) is 0. The molecule has 1 aromatic carbocycles. The highest BCUT2D eigenvalue weighted by molar-refractivity contribution is 6.07. The van der Waals surface area contributed by atoms with E-state index >= 15 is 0 Å². The minimum absolute atomic E-state index is 0.147. The van der Waals surface area contributed by atoms with Crippen LogP contribution < -0.4 is 0 Å². The van der Waals surface area contributed by atoms with Gasteiger partial charge in [0.25, 0.3) is 0 Å². The van der Waals surface area contributed by atoms with Crippen LogP contribution in [0.4, 0.5) is 13.2 Å². The van der Waals surface area contributed by atoms with Crippen LogP contribution in [0.5, 0.6) is 0 Å². The Morgan fingerprint density at radius 1 is 1.00 bits per heavy atom. The average molecular weight is 246 g/mol. The van der Waals surface area contributed by atoms with E-state index < -0.39 is 40.5 Å². The second-order valence-corrected chi connectivity index (χ2v) is 2.95. The molecule has 0 bridgehead atoms. The fourth-order valence-electron chi connectivity index (χ4n) is 0.975. The first-order chi connectivity index (χ1) is 7.82. The number of carboxylic acids is 1. The first-order valence-corrected chi connectivity index (χ1v) is 4.15. The number of aliphatic carboxylic acids is 1. The van der Waals surface area contributed by atoms with E-state index in [1.165, 1.54) is 0 Å². The van der Waals surface area contributed by atoms with Crippen LogP contribution in [0.2, 0.25) is 0 Å². The highest BCUT2D eigenvalue weighted by Crippen LogP contribution is 2.15. The maximum absolute atomic E-state index is 13.0. The Bertz CT molecular complexity index is 523. The molecule has 1 aromatic rings. The molecule has 1 rings (SSSR count). The van der Waals surface area contributed by atoms with Crippen LogP contribution in [0, 0.1) is 17.5 Å². The van der Waals surface area contributed by atoms with Crippen LogP contribution in [-0.4, -0.2) is 22.0 Å². The van der Waals surface area contributed by atoms with Crippen LogP contribution in [-0.2, 0) is 4.79 Å². The number of carboxylic acid groups (broad SMARTS) is 1. The van der Waals surface area contributed by atoms with Crippen LogP contribution in [0.1, 0.15) is 10.4 Å². The summed E-state index contributed by atoms with van der Waals surface area (Å²) in [6.07, 6.45) is 0.193. The molecule has 17 heavy (non-hydrogen) atoms. The number of allylic oxidation sites excluding steroid dienone is 1. The first kappa shape index (κ1) is 12.8. The van der Waals surface area contributed by atoms with Gasteiger partial charge in [-0.1, -0.05) is 0 Å². The molecule has 4 nitrogen and oxygen atoms in total. The van der Waals surface area contributed by atoms with Crippen molar-refractivity contribution in [3.63, 3.8) is 0 Å². The Balaban J connectivity index is 3.18. The van der Waals surface area contributed by atoms with Gasteiger partial charge in [0.2, 0.25) is 5.76 Å². The van der Waals surface area contributed by atoms with Crippen LogP contribution in [0.3, 0.4) is 0 Å². The monoisotopic (exact) mass is 246 g/mol. The molecule has 0 unspecified atom stereocenters. The first-order valence-electron chi connectivity index (χ1n) is 4.15. The van der Waals surface area contributed by atoms with Crippen molar-refractivity contribution >= 4 is 11.8 Å². The van der Waals surface area contributed by atoms with E-state index in [4.69, 9.17) is 10.2 Å². The zero-order valence-corrected chi connectivity index (χ0v) is 8.08. The number of hydrogen-bond acceptors (Lipinski definition) is 3. The molecule has 90 valence electrons. The molecule has 0 amide bonds. The predicted octanol–water partition coefficient (Wildman–Crippen LogP) is 1.81. The van der Waals surface area contributed by atoms with Crippen molar-refractivity contribution in [2.45, 2.75) is 0 Å². The number of aliphatic hydroxyl groups is 1. The maximum atomic E-state index is 13.0. The number of carbonyl (C=O) groups excluding carboxylic acids is 1. The van der Waals surface area contributed by atoms with Gasteiger partial charge in [-0.3, -0.25) is 4.79 Å². The molecule has 0 fully saturated rings. The molecule has 0 radical (unpaired) electrons. The van der Waals surface area contributed by atoms with Crippen molar-refractivity contribution in [3.05, 3.63) is 47.0 Å². The minimum atomic E-state index is -1.80. The van der Waals surface area contributed by atoms with E-state index in [1.807, 2.05) is 0 Å². The van der Waals surface area contributed by atoms with Gasteiger partial charge in [-0.05, 0) is 6.07 Å². The van der Waals surface area contributed by atoms with Crippen molar-refractivity contribution in [1.82, 2.24) is 0 Å². The van der Waals surface area contributed by atoms with Crippen molar-refractivity contribution in [1.29, 1.82) is 0 Å². The number of hydrogen-bond donors (Lipinski definition) is 2. The van der Waals surface area contributed by atoms with E-state index in [9.17, 15) is 22.8 Å². The van der Waals surface area contributed by atoms with Gasteiger partial charge >= 0.3 is 5.97 Å². The Morgan fingerprint density at radius 3 is 2.06 bits per heavy atom. The lowest BCUT2D eigenvalue weighted by atomic mass is 10.1. The van der Waals surface area contributed by atoms with Crippen molar-refractivity contribution in [2.75, 3.05) is 0 Å². The Morgan fingerprint density at radius 2 is 1.53 bits per heavy atom. The number of halogens is 3. The van der Waals surface area contributed by atoms with E-state index in [-0.39, 0.29) is 18.2 Å². The standard InChI is InChI=1S/C10H5F3O4/c11-5-2-7(13)6(12)1-4(5)8(14)3-9(15)10(16)17/h1-3,15H,(H,16,17). The molecule has 0 saturated heterocycles. The van der Waals surface area contributed by atoms with Gasteiger partial charge < -0.3 is 10.2 Å². The SMILES string of the molecule is O=C(O)C(O)=CC(=O)c1cc(F)c(F)cc1F. The number of rotatable bonds is 3. The average Bonchev–Trinajstić information content (AvgIpc) is 2.22. The second kappa shape index (κ2) is 4.69. The summed E-state index contributed by atoms with van der Waals surface area (Å²) in [7, 11) is 0. The zero-order valence-electron chi connectivity index (χ0n) is 8.08. The summed E-state index contributed by atoms with van der Waals surface area (Å²) >= 11 is 0. The summed E-state index contributed by atoms with van der Waals surface area (Å²) in [5.41, 5.74) is -0.878. The van der Waals surface area contributed by atoms with Crippen molar-refractivity contribution in [3.8, 4) is 0 Å². The zero-order chi connectivity index (χ0) is 13.2. The molecule has 0 heterocycles. The third kappa shape index (κ3) is 2.83. The minimum Gasteiger partial charge on any atom is -0.502 e. The number of aliphatic hydroxyl groups excluding tert-OH is 1. The Kier molecular flexibility index (Phi) is 3.52. The molecule has 0 spiro atoms. The summed E-state index contributed by atoms with van der Waals surface area (Å²) in [4.78, 5) is 21.4. The fourth-order valence-corrected chi connectivity index (χ4v) is 0.975. The maximum Gasteiger partial charge on any atom is 0.371 e. The van der Waals surface area contributed by atoms with Crippen LogP contribution in [0.25, 0.3) is 0 Å². The lowest BCUT2D eigenvalue weighted by molar-refractivity contribution is -0.135. The predicted molar refractivity (Wildman–Crippen MR) is 49.0 cm³/mol. The lowest BCUT2D eigenvalue weighted by Crippen LogP contribution is -2.06. The van der Waals surface area contributed by atoms with Crippen LogP contribution in [0.15, 0.2) is 24.0 Å². The van der Waals surface area contributed by atoms with Gasteiger partial charge in [0.15, 0.2) is 17.4 Å². The van der Waals surface area contributed by atoms with E-state index in [0.717, 1.165) is 0 Å². The molecule has 0 aromatic heterocycles. The quantitative estimate of drug-likeness (QED) is 0.369. The number of benzene rings is 1. The van der Waals surface area contributed by atoms with Gasteiger partial charge in [0, 0.05) is 12.1 Å². The Labute approximate surface area is 92.6 Å². The molecule has 0 saturated carbocycles. The summed E-state index contributed by atoms with van der Waals surface area (Å²) in [5.74, 6) is -8.73. The van der Waals surface area contributed by atoms with Crippen molar-refractivity contribution < 1.29 is 33.0 Å². The summed E-state index contributed by atoms with van der Waals surface area (Å²) < 4.78 is 38.3. The third-order valence-corrected chi connectivity index (χ3v) is 1.76. The fraction of sp³-hybridized carbons (Fsp3) is 0. The molecule has 7 heteroatoms. The Hall–Kier alpha value is -2.31. The molecule has 2 N–H and O–H groups in total. The van der Waals surface area contributed by atoms with Crippen LogP contribution >= 0.6 is 0 Å². The third-order valence-electron chi connectivity index (χ3n) is 1.76. The summed E-state index contributed by atoms with van der Waals surface area (Å²) in [6, 6.07) is 0.423. The van der Waals surface area contributed by atoms with E-state index in [0.29, 0.717) is 0 Å².